The lowest BCUT2D eigenvalue weighted by Gasteiger charge is -2.37. The van der Waals surface area contributed by atoms with Crippen molar-refractivity contribution in [2.75, 3.05) is 42.6 Å². The summed E-state index contributed by atoms with van der Waals surface area (Å²) in [6, 6.07) is 4.10. The van der Waals surface area contributed by atoms with Gasteiger partial charge in [-0.15, -0.1) is 0 Å². The minimum atomic E-state index is -0.277. The van der Waals surface area contributed by atoms with Gasteiger partial charge in [0.1, 0.15) is 18.5 Å². The van der Waals surface area contributed by atoms with E-state index in [9.17, 15) is 4.79 Å². The van der Waals surface area contributed by atoms with Crippen LogP contribution in [0.15, 0.2) is 12.1 Å². The standard InChI is InChI=1S/C15H20N3O3P/c19-15-18(9-12(21-15)8-16-22)11-6-10-2-1-3-17-4-5-20-13(7-11)14(10)17/h6-7,12,16H,1-5,8-9,22H2/t12-/m0/s1. The number of hydrogen-bond donors (Lipinski definition) is 1. The van der Waals surface area contributed by atoms with Crippen LogP contribution in [-0.4, -0.2) is 45.0 Å². The van der Waals surface area contributed by atoms with Crippen LogP contribution in [0.5, 0.6) is 5.75 Å². The maximum atomic E-state index is 12.1. The Bertz CT molecular complexity index is 579. The highest BCUT2D eigenvalue weighted by Crippen LogP contribution is 2.42. The van der Waals surface area contributed by atoms with Gasteiger partial charge in [-0.3, -0.25) is 9.99 Å². The number of cyclic esters (lactones) is 1. The van der Waals surface area contributed by atoms with Crippen molar-refractivity contribution in [3.05, 3.63) is 17.7 Å². The van der Waals surface area contributed by atoms with E-state index < -0.39 is 0 Å². The third-order valence-electron chi connectivity index (χ3n) is 4.48. The van der Waals surface area contributed by atoms with E-state index >= 15 is 0 Å². The summed E-state index contributed by atoms with van der Waals surface area (Å²) >= 11 is 0. The molecule has 3 aliphatic heterocycles. The highest BCUT2D eigenvalue weighted by molar-refractivity contribution is 7.13. The summed E-state index contributed by atoms with van der Waals surface area (Å²) in [4.78, 5) is 16.2. The number of benzene rings is 1. The topological polar surface area (TPSA) is 54.0 Å². The van der Waals surface area contributed by atoms with Crippen LogP contribution in [0.4, 0.5) is 16.2 Å². The summed E-state index contributed by atoms with van der Waals surface area (Å²) in [6.07, 6.45) is 1.80. The Hall–Kier alpha value is -1.52. The molecule has 1 amide bonds. The molecule has 1 aromatic carbocycles. The van der Waals surface area contributed by atoms with E-state index in [0.717, 1.165) is 37.4 Å². The summed E-state index contributed by atoms with van der Waals surface area (Å²) in [7, 11) is 2.44. The van der Waals surface area contributed by atoms with Crippen LogP contribution in [0.25, 0.3) is 0 Å². The van der Waals surface area contributed by atoms with Gasteiger partial charge >= 0.3 is 6.09 Å². The number of carbonyl (C=O) groups is 1. The van der Waals surface area contributed by atoms with Gasteiger partial charge in [-0.25, -0.2) is 4.79 Å². The van der Waals surface area contributed by atoms with Crippen molar-refractivity contribution < 1.29 is 14.3 Å². The van der Waals surface area contributed by atoms with Gasteiger partial charge in [-0.05, 0) is 24.5 Å². The van der Waals surface area contributed by atoms with E-state index in [2.05, 4.69) is 25.4 Å². The molecule has 4 rings (SSSR count). The normalized spacial score (nSPS) is 23.1. The average Bonchev–Trinajstić information content (AvgIpc) is 2.89. The lowest BCUT2D eigenvalue weighted by molar-refractivity contribution is 0.143. The quantitative estimate of drug-likeness (QED) is 0.856. The molecule has 0 bridgehead atoms. The second-order valence-corrected chi connectivity index (χ2v) is 6.32. The lowest BCUT2D eigenvalue weighted by atomic mass is 9.99. The molecule has 1 fully saturated rings. The molecule has 6 nitrogen and oxygen atoms in total. The SMILES string of the molecule is O=C1O[C@@H](CNP)CN1c1cc2c3c(c1)OCCN3CCC2. The van der Waals surface area contributed by atoms with E-state index in [4.69, 9.17) is 9.47 Å². The van der Waals surface area contributed by atoms with E-state index in [0.29, 0.717) is 19.7 Å². The number of carbonyl (C=O) groups excluding carboxylic acids is 1. The average molecular weight is 321 g/mol. The maximum absolute atomic E-state index is 12.1. The Morgan fingerprint density at radius 2 is 2.27 bits per heavy atom. The van der Waals surface area contributed by atoms with Crippen molar-refractivity contribution in [3.8, 4) is 5.75 Å². The molecule has 3 heterocycles. The van der Waals surface area contributed by atoms with E-state index in [1.165, 1.54) is 11.3 Å². The molecule has 0 spiro atoms. The molecule has 22 heavy (non-hydrogen) atoms. The number of ether oxygens (including phenoxy) is 2. The molecule has 0 aromatic heterocycles. The minimum Gasteiger partial charge on any atom is -0.489 e. The van der Waals surface area contributed by atoms with Gasteiger partial charge < -0.3 is 14.4 Å². The molecule has 1 unspecified atom stereocenters. The molecule has 3 aliphatic rings. The molecule has 0 saturated carbocycles. The number of hydrogen-bond acceptors (Lipinski definition) is 5. The molecule has 0 aliphatic carbocycles. The zero-order chi connectivity index (χ0) is 15.1. The van der Waals surface area contributed by atoms with Crippen molar-refractivity contribution in [2.45, 2.75) is 18.9 Å². The zero-order valence-corrected chi connectivity index (χ0v) is 13.5. The Labute approximate surface area is 132 Å². The summed E-state index contributed by atoms with van der Waals surface area (Å²) in [5, 5.41) is 2.97. The Morgan fingerprint density at radius 3 is 3.14 bits per heavy atom. The molecule has 1 aromatic rings. The number of nitrogens with one attached hydrogen (secondary N) is 1. The van der Waals surface area contributed by atoms with Gasteiger partial charge in [0.15, 0.2) is 0 Å². The molecular formula is C15H20N3O3P. The van der Waals surface area contributed by atoms with Crippen LogP contribution in [0, 0.1) is 0 Å². The number of amides is 1. The van der Waals surface area contributed by atoms with Crippen LogP contribution in [0.3, 0.4) is 0 Å². The van der Waals surface area contributed by atoms with Crippen molar-refractivity contribution >= 4 is 26.9 Å². The van der Waals surface area contributed by atoms with Crippen LogP contribution in [0.2, 0.25) is 0 Å². The first-order valence-corrected chi connectivity index (χ1v) is 8.30. The Morgan fingerprint density at radius 1 is 1.36 bits per heavy atom. The fourth-order valence-electron chi connectivity index (χ4n) is 3.50. The third kappa shape index (κ3) is 2.31. The fourth-order valence-corrected chi connectivity index (χ4v) is 3.76. The van der Waals surface area contributed by atoms with Crippen molar-refractivity contribution in [1.29, 1.82) is 0 Å². The fraction of sp³-hybridized carbons (Fsp3) is 0.533. The lowest BCUT2D eigenvalue weighted by Crippen LogP contribution is -2.37. The summed E-state index contributed by atoms with van der Waals surface area (Å²) in [6.45, 7) is 3.96. The van der Waals surface area contributed by atoms with Crippen LogP contribution in [0.1, 0.15) is 12.0 Å². The van der Waals surface area contributed by atoms with E-state index in [1.54, 1.807) is 4.90 Å². The Balaban J connectivity index is 1.67. The number of rotatable bonds is 3. The molecule has 118 valence electrons. The monoisotopic (exact) mass is 321 g/mol. The summed E-state index contributed by atoms with van der Waals surface area (Å²) < 4.78 is 11.2. The number of anilines is 2. The highest BCUT2D eigenvalue weighted by atomic mass is 31.0. The number of nitrogens with zero attached hydrogens (tertiary/aromatic N) is 2. The largest absolute Gasteiger partial charge is 0.489 e. The van der Waals surface area contributed by atoms with Gasteiger partial charge in [0.2, 0.25) is 0 Å². The molecule has 7 heteroatoms. The first-order valence-electron chi connectivity index (χ1n) is 7.72. The van der Waals surface area contributed by atoms with Gasteiger partial charge in [0.25, 0.3) is 0 Å². The van der Waals surface area contributed by atoms with Crippen molar-refractivity contribution in [1.82, 2.24) is 5.09 Å². The van der Waals surface area contributed by atoms with Crippen LogP contribution >= 0.6 is 9.39 Å². The van der Waals surface area contributed by atoms with Crippen LogP contribution in [-0.2, 0) is 11.2 Å². The molecule has 0 radical (unpaired) electrons. The van der Waals surface area contributed by atoms with Gasteiger partial charge in [0.05, 0.1) is 24.5 Å². The third-order valence-corrected chi connectivity index (χ3v) is 4.71. The number of aryl methyl sites for hydroxylation is 1. The molecular weight excluding hydrogens is 301 g/mol. The van der Waals surface area contributed by atoms with Gasteiger partial charge in [0, 0.05) is 19.2 Å². The predicted octanol–water partition coefficient (Wildman–Crippen LogP) is 1.54. The first-order chi connectivity index (χ1) is 10.8. The van der Waals surface area contributed by atoms with Crippen molar-refractivity contribution in [2.24, 2.45) is 0 Å². The second-order valence-electron chi connectivity index (χ2n) is 5.92. The van der Waals surface area contributed by atoms with Crippen molar-refractivity contribution in [3.63, 3.8) is 0 Å². The van der Waals surface area contributed by atoms with E-state index in [-0.39, 0.29) is 12.2 Å². The van der Waals surface area contributed by atoms with Gasteiger partial charge in [-0.2, -0.15) is 0 Å². The second kappa shape index (κ2) is 5.60. The highest BCUT2D eigenvalue weighted by Gasteiger charge is 2.34. The maximum Gasteiger partial charge on any atom is 0.414 e. The smallest absolute Gasteiger partial charge is 0.414 e. The zero-order valence-electron chi connectivity index (χ0n) is 12.4. The molecule has 2 atom stereocenters. The minimum absolute atomic E-state index is 0.116. The van der Waals surface area contributed by atoms with Crippen LogP contribution < -0.4 is 19.6 Å². The van der Waals surface area contributed by atoms with E-state index in [1.807, 2.05) is 6.07 Å². The molecule has 1 saturated heterocycles. The first kappa shape index (κ1) is 14.1. The van der Waals surface area contributed by atoms with Gasteiger partial charge in [-0.1, -0.05) is 9.39 Å². The summed E-state index contributed by atoms with van der Waals surface area (Å²) in [5.74, 6) is 0.902. The molecule has 1 N–H and O–H groups in total. The summed E-state index contributed by atoms with van der Waals surface area (Å²) in [5.41, 5.74) is 3.38. The predicted molar refractivity (Wildman–Crippen MR) is 87.8 cm³/mol. The Kier molecular flexibility index (Phi) is 3.59.